The van der Waals surface area contributed by atoms with Crippen LogP contribution in [-0.2, 0) is 19.1 Å². The van der Waals surface area contributed by atoms with Crippen molar-refractivity contribution in [1.29, 1.82) is 0 Å². The van der Waals surface area contributed by atoms with Crippen LogP contribution < -0.4 is 10.6 Å². The summed E-state index contributed by atoms with van der Waals surface area (Å²) in [7, 11) is 0. The maximum absolute atomic E-state index is 13.5. The van der Waals surface area contributed by atoms with Gasteiger partial charge in [0.1, 0.15) is 11.6 Å². The minimum absolute atomic E-state index is 0.0649. The Morgan fingerprint density at radius 1 is 1.14 bits per heavy atom. The van der Waals surface area contributed by atoms with Gasteiger partial charge in [-0.2, -0.15) is 0 Å². The molecule has 1 spiro atoms. The lowest BCUT2D eigenvalue weighted by atomic mass is 9.66. The zero-order chi connectivity index (χ0) is 21.2. The summed E-state index contributed by atoms with van der Waals surface area (Å²) in [5, 5.41) is 15.2. The zero-order valence-corrected chi connectivity index (χ0v) is 17.8. The maximum atomic E-state index is 13.5. The van der Waals surface area contributed by atoms with E-state index in [1.165, 1.54) is 0 Å². The van der Waals surface area contributed by atoms with Gasteiger partial charge in [-0.25, -0.2) is 0 Å². The van der Waals surface area contributed by atoms with Gasteiger partial charge in [0.15, 0.2) is 0 Å². The first-order valence-electron chi connectivity index (χ1n) is 11.0. The van der Waals surface area contributed by atoms with Crippen LogP contribution in [0, 0.1) is 11.8 Å². The van der Waals surface area contributed by atoms with Crippen LogP contribution in [0.5, 0.6) is 0 Å². The van der Waals surface area contributed by atoms with Gasteiger partial charge in [-0.05, 0) is 39.0 Å². The summed E-state index contributed by atoms with van der Waals surface area (Å²) in [4.78, 5) is 41.2. The summed E-state index contributed by atoms with van der Waals surface area (Å²) in [5.74, 6) is -1.83. The molecule has 5 atom stereocenters. The number of ether oxygens (including phenoxy) is 1. The van der Waals surface area contributed by atoms with Crippen molar-refractivity contribution >= 4 is 17.7 Å². The molecule has 0 aromatic rings. The average molecular weight is 410 g/mol. The number of rotatable bonds is 10. The first-order chi connectivity index (χ1) is 13.9. The first-order valence-corrected chi connectivity index (χ1v) is 11.0. The number of likely N-dealkylation sites (tertiary alicyclic amines) is 1. The molecule has 0 aromatic heterocycles. The van der Waals surface area contributed by atoms with Crippen molar-refractivity contribution in [2.24, 2.45) is 11.8 Å². The number of carbonyl (C=O) groups is 3. The first kappa shape index (κ1) is 22.0. The van der Waals surface area contributed by atoms with E-state index in [1.807, 2.05) is 13.8 Å². The monoisotopic (exact) mass is 409 g/mol. The van der Waals surface area contributed by atoms with E-state index in [0.29, 0.717) is 32.4 Å². The second-order valence-corrected chi connectivity index (χ2v) is 8.77. The van der Waals surface area contributed by atoms with Gasteiger partial charge in [0, 0.05) is 26.2 Å². The number of aliphatic hydroxyl groups excluding tert-OH is 1. The fraction of sp³-hybridized carbons (Fsp3) is 0.857. The molecule has 8 heteroatoms. The van der Waals surface area contributed by atoms with Gasteiger partial charge in [-0.15, -0.1) is 0 Å². The Morgan fingerprint density at radius 3 is 2.52 bits per heavy atom. The summed E-state index contributed by atoms with van der Waals surface area (Å²) in [5.41, 5.74) is -1.70. The van der Waals surface area contributed by atoms with E-state index in [2.05, 4.69) is 17.6 Å². The predicted molar refractivity (Wildman–Crippen MR) is 107 cm³/mol. The molecule has 164 valence electrons. The Balaban J connectivity index is 1.93. The smallest absolute Gasteiger partial charge is 0.245 e. The highest BCUT2D eigenvalue weighted by Crippen LogP contribution is 2.63. The van der Waals surface area contributed by atoms with Crippen molar-refractivity contribution in [3.05, 3.63) is 0 Å². The van der Waals surface area contributed by atoms with Crippen LogP contribution in [0.1, 0.15) is 59.3 Å². The van der Waals surface area contributed by atoms with Crippen molar-refractivity contribution in [3.63, 3.8) is 0 Å². The fourth-order valence-electron chi connectivity index (χ4n) is 5.45. The molecule has 0 radical (unpaired) electrons. The van der Waals surface area contributed by atoms with Gasteiger partial charge >= 0.3 is 0 Å². The molecule has 3 fully saturated rings. The Labute approximate surface area is 172 Å². The third kappa shape index (κ3) is 3.54. The van der Waals surface area contributed by atoms with Crippen LogP contribution in [-0.4, -0.2) is 71.2 Å². The van der Waals surface area contributed by atoms with E-state index in [1.54, 1.807) is 4.90 Å². The lowest BCUT2D eigenvalue weighted by Gasteiger charge is -2.33. The number of nitrogens with one attached hydrogen (secondary N) is 2. The van der Waals surface area contributed by atoms with E-state index in [9.17, 15) is 19.5 Å². The number of amides is 3. The van der Waals surface area contributed by atoms with Crippen LogP contribution >= 0.6 is 0 Å². The Bertz CT molecular complexity index is 656. The molecule has 3 N–H and O–H groups in total. The highest BCUT2D eigenvalue weighted by molar-refractivity contribution is 5.99. The van der Waals surface area contributed by atoms with Crippen LogP contribution in [0.15, 0.2) is 0 Å². The second kappa shape index (κ2) is 8.60. The summed E-state index contributed by atoms with van der Waals surface area (Å²) in [6.07, 6.45) is 4.24. The molecule has 3 aliphatic rings. The molecule has 8 nitrogen and oxygen atoms in total. The van der Waals surface area contributed by atoms with Gasteiger partial charge in [0.2, 0.25) is 17.7 Å². The van der Waals surface area contributed by atoms with Crippen molar-refractivity contribution < 1.29 is 24.2 Å². The van der Waals surface area contributed by atoms with Crippen LogP contribution in [0.25, 0.3) is 0 Å². The van der Waals surface area contributed by atoms with Crippen LogP contribution in [0.2, 0.25) is 0 Å². The number of fused-ring (bicyclic) bond motifs is 1. The van der Waals surface area contributed by atoms with Gasteiger partial charge < -0.3 is 25.4 Å². The highest BCUT2D eigenvalue weighted by atomic mass is 16.5. The number of carbonyl (C=O) groups excluding carboxylic acids is 3. The molecule has 0 aliphatic carbocycles. The van der Waals surface area contributed by atoms with Crippen molar-refractivity contribution in [2.45, 2.75) is 76.5 Å². The molecule has 29 heavy (non-hydrogen) atoms. The number of aliphatic hydroxyl groups is 1. The average Bonchev–Trinajstić information content (AvgIpc) is 3.25. The molecular weight excluding hydrogens is 374 g/mol. The van der Waals surface area contributed by atoms with Crippen LogP contribution in [0.3, 0.4) is 0 Å². The van der Waals surface area contributed by atoms with Crippen molar-refractivity contribution in [2.75, 3.05) is 26.2 Å². The van der Waals surface area contributed by atoms with E-state index in [-0.39, 0.29) is 30.9 Å². The minimum Gasteiger partial charge on any atom is -0.396 e. The standard InChI is InChI=1S/C21H35N3O5/c1-4-6-11-23-18(27)16-21-9-8-20(3,29-21)14(17(26)22-10-5-2)15(21)19(28)24(16)12-7-13-25/h14-16,25H,4-13H2,1-3H3,(H,22,26)(H,23,27)/t14-,15+,16?,20+,21?/m1/s1. The maximum Gasteiger partial charge on any atom is 0.245 e. The Kier molecular flexibility index (Phi) is 6.53. The zero-order valence-electron chi connectivity index (χ0n) is 17.8. The molecule has 3 saturated heterocycles. The molecule has 2 bridgehead atoms. The predicted octanol–water partition coefficient (Wildman–Crippen LogP) is 0.576. The topological polar surface area (TPSA) is 108 Å². The summed E-state index contributed by atoms with van der Waals surface area (Å²) >= 11 is 0. The molecule has 3 heterocycles. The Hall–Kier alpha value is -1.67. The molecular formula is C21H35N3O5. The molecule has 0 saturated carbocycles. The second-order valence-electron chi connectivity index (χ2n) is 8.77. The fourth-order valence-corrected chi connectivity index (χ4v) is 5.45. The van der Waals surface area contributed by atoms with E-state index in [4.69, 9.17) is 4.74 Å². The summed E-state index contributed by atoms with van der Waals surface area (Å²) in [6, 6.07) is -0.755. The molecule has 2 unspecified atom stereocenters. The molecule has 3 amide bonds. The van der Waals surface area contributed by atoms with Crippen LogP contribution in [0.4, 0.5) is 0 Å². The number of hydrogen-bond donors (Lipinski definition) is 3. The summed E-state index contributed by atoms with van der Waals surface area (Å²) < 4.78 is 6.46. The largest absolute Gasteiger partial charge is 0.396 e. The van der Waals surface area contributed by atoms with Gasteiger partial charge in [0.25, 0.3) is 0 Å². The number of unbranched alkanes of at least 4 members (excludes halogenated alkanes) is 1. The highest BCUT2D eigenvalue weighted by Gasteiger charge is 2.77. The minimum atomic E-state index is -0.966. The number of nitrogens with zero attached hydrogens (tertiary/aromatic N) is 1. The van der Waals surface area contributed by atoms with Crippen molar-refractivity contribution in [1.82, 2.24) is 15.5 Å². The third-order valence-electron chi connectivity index (χ3n) is 6.74. The molecule has 0 aromatic carbocycles. The third-order valence-corrected chi connectivity index (χ3v) is 6.74. The summed E-state index contributed by atoms with van der Waals surface area (Å²) in [6.45, 7) is 7.24. The van der Waals surface area contributed by atoms with Gasteiger partial charge in [0.05, 0.1) is 17.4 Å². The number of hydrogen-bond acceptors (Lipinski definition) is 5. The lowest BCUT2D eigenvalue weighted by molar-refractivity contribution is -0.146. The molecule has 3 aliphatic heterocycles. The van der Waals surface area contributed by atoms with E-state index >= 15 is 0 Å². The van der Waals surface area contributed by atoms with Crippen molar-refractivity contribution in [3.8, 4) is 0 Å². The van der Waals surface area contributed by atoms with E-state index < -0.39 is 29.1 Å². The lowest BCUT2D eigenvalue weighted by Crippen LogP contribution is -2.55. The molecule has 3 rings (SSSR count). The van der Waals surface area contributed by atoms with E-state index in [0.717, 1.165) is 19.3 Å². The Morgan fingerprint density at radius 2 is 1.86 bits per heavy atom. The quantitative estimate of drug-likeness (QED) is 0.458. The van der Waals surface area contributed by atoms with Gasteiger partial charge in [-0.1, -0.05) is 20.3 Å². The van der Waals surface area contributed by atoms with Gasteiger partial charge in [-0.3, -0.25) is 14.4 Å². The SMILES string of the molecule is CCCCNC(=O)C1N(CCCO)C(=O)[C@@H]2[C@H](C(=O)NCCC)[C@]3(C)CCC12O3. The normalized spacial score (nSPS) is 35.1.